The maximum Gasteiger partial charge on any atom is 0.273 e. The number of nitrogens with zero attached hydrogens (tertiary/aromatic N) is 6. The molecule has 2 aromatic heterocycles. The zero-order chi connectivity index (χ0) is 26.5. The number of carbonyl (C=O) groups excluding carboxylic acids is 2. The van der Waals surface area contributed by atoms with Gasteiger partial charge in [0.1, 0.15) is 17.4 Å². The van der Waals surface area contributed by atoms with Crippen molar-refractivity contribution in [3.05, 3.63) is 71.9 Å². The molecule has 4 rings (SSSR count). The fourth-order valence-corrected chi connectivity index (χ4v) is 4.20. The predicted octanol–water partition coefficient (Wildman–Crippen LogP) is 2.40. The first kappa shape index (κ1) is 25.7. The minimum absolute atomic E-state index is 0.150. The maximum absolute atomic E-state index is 13.6. The molecule has 0 aliphatic carbocycles. The van der Waals surface area contributed by atoms with Crippen LogP contribution in [0.15, 0.2) is 55.1 Å². The highest BCUT2D eigenvalue weighted by atomic mass is 16.5. The van der Waals surface area contributed by atoms with Crippen LogP contribution in [-0.4, -0.2) is 80.6 Å². The Kier molecular flexibility index (Phi) is 7.74. The van der Waals surface area contributed by atoms with Gasteiger partial charge in [-0.15, -0.1) is 0 Å². The molecule has 10 nitrogen and oxygen atoms in total. The molecule has 3 heterocycles. The van der Waals surface area contributed by atoms with Crippen LogP contribution < -0.4 is 4.74 Å². The van der Waals surface area contributed by atoms with E-state index in [1.807, 2.05) is 13.0 Å². The Morgan fingerprint density at radius 1 is 1.27 bits per heavy atom. The minimum Gasteiger partial charge on any atom is -0.472 e. The molecule has 1 N–H and O–H groups in total. The Labute approximate surface area is 215 Å². The number of amides is 2. The summed E-state index contributed by atoms with van der Waals surface area (Å²) in [5.74, 6) is -0.644. The Morgan fingerprint density at radius 3 is 2.78 bits per heavy atom. The minimum atomic E-state index is -0.494. The molecule has 190 valence electrons. The number of aromatic nitrogens is 3. The topological polar surface area (TPSA) is 133 Å². The zero-order valence-electron chi connectivity index (χ0n) is 20.9. The van der Waals surface area contributed by atoms with E-state index in [0.717, 1.165) is 5.56 Å². The van der Waals surface area contributed by atoms with Gasteiger partial charge in [-0.05, 0) is 30.7 Å². The van der Waals surface area contributed by atoms with E-state index in [1.54, 1.807) is 49.3 Å². The van der Waals surface area contributed by atoms with Gasteiger partial charge in [-0.3, -0.25) is 14.6 Å². The third-order valence-electron chi connectivity index (χ3n) is 6.43. The van der Waals surface area contributed by atoms with Crippen molar-refractivity contribution >= 4 is 11.8 Å². The SMILES string of the molecule is C[C@@H]1CN([C@H](C)CO)C(=O)c2cc(-c3cccc(C#N)c3)cnc2O[C@@H]1CN(C)C(=O)c1cnccn1. The van der Waals surface area contributed by atoms with Gasteiger partial charge >= 0.3 is 0 Å². The summed E-state index contributed by atoms with van der Waals surface area (Å²) in [7, 11) is 1.66. The molecule has 1 aliphatic heterocycles. The van der Waals surface area contributed by atoms with Crippen LogP contribution in [0.2, 0.25) is 0 Å². The first-order valence-electron chi connectivity index (χ1n) is 11.9. The van der Waals surface area contributed by atoms with Crippen molar-refractivity contribution in [2.24, 2.45) is 5.92 Å². The summed E-state index contributed by atoms with van der Waals surface area (Å²) in [4.78, 5) is 42.1. The van der Waals surface area contributed by atoms with Crippen molar-refractivity contribution in [2.45, 2.75) is 26.0 Å². The van der Waals surface area contributed by atoms with E-state index in [-0.39, 0.29) is 48.0 Å². The Bertz CT molecular complexity index is 1330. The van der Waals surface area contributed by atoms with E-state index < -0.39 is 12.1 Å². The summed E-state index contributed by atoms with van der Waals surface area (Å²) in [5, 5.41) is 19.1. The number of nitriles is 1. The highest BCUT2D eigenvalue weighted by Gasteiger charge is 2.35. The number of aliphatic hydroxyl groups excluding tert-OH is 1. The second kappa shape index (κ2) is 11.1. The van der Waals surface area contributed by atoms with Gasteiger partial charge in [0.15, 0.2) is 0 Å². The lowest BCUT2D eigenvalue weighted by atomic mass is 9.98. The second-order valence-corrected chi connectivity index (χ2v) is 9.17. The smallest absolute Gasteiger partial charge is 0.273 e. The summed E-state index contributed by atoms with van der Waals surface area (Å²) in [5.41, 5.74) is 2.36. The van der Waals surface area contributed by atoms with Crippen molar-refractivity contribution < 1.29 is 19.4 Å². The van der Waals surface area contributed by atoms with E-state index in [4.69, 9.17) is 4.74 Å². The van der Waals surface area contributed by atoms with Crippen LogP contribution in [-0.2, 0) is 0 Å². The molecule has 37 heavy (non-hydrogen) atoms. The van der Waals surface area contributed by atoms with Gasteiger partial charge < -0.3 is 19.6 Å². The number of likely N-dealkylation sites (N-methyl/N-ethyl adjacent to an activating group) is 1. The standard InChI is InChI=1S/C27H28N6O4/c1-17-14-33(18(2)16-34)26(35)22-10-21(20-6-4-5-19(9-20)11-28)12-31-25(22)37-24(17)15-32(3)27(36)23-13-29-7-8-30-23/h4-10,12-13,17-18,24,34H,14-16H2,1-3H3/t17-,18-,24-/m1/s1. The van der Waals surface area contributed by atoms with E-state index >= 15 is 0 Å². The number of aliphatic hydroxyl groups is 1. The summed E-state index contributed by atoms with van der Waals surface area (Å²) in [6.45, 7) is 4.04. The molecule has 0 bridgehead atoms. The number of carbonyl (C=O) groups is 2. The molecule has 0 unspecified atom stereocenters. The van der Waals surface area contributed by atoms with Crippen molar-refractivity contribution in [1.29, 1.82) is 5.26 Å². The van der Waals surface area contributed by atoms with Crippen molar-refractivity contribution in [3.8, 4) is 23.1 Å². The Hall–Kier alpha value is -4.36. The van der Waals surface area contributed by atoms with Gasteiger partial charge in [-0.2, -0.15) is 5.26 Å². The summed E-state index contributed by atoms with van der Waals surface area (Å²) in [6.07, 6.45) is 5.47. The molecular weight excluding hydrogens is 472 g/mol. The van der Waals surface area contributed by atoms with Crippen LogP contribution >= 0.6 is 0 Å². The van der Waals surface area contributed by atoms with Crippen molar-refractivity contribution in [2.75, 3.05) is 26.7 Å². The Morgan fingerprint density at radius 2 is 2.08 bits per heavy atom. The molecular formula is C27H28N6O4. The molecule has 10 heteroatoms. The summed E-state index contributed by atoms with van der Waals surface area (Å²) >= 11 is 0. The number of pyridine rings is 1. The van der Waals surface area contributed by atoms with Crippen LogP contribution in [0.25, 0.3) is 11.1 Å². The van der Waals surface area contributed by atoms with Gasteiger partial charge in [-0.25, -0.2) is 9.97 Å². The average molecular weight is 501 g/mol. The zero-order valence-corrected chi connectivity index (χ0v) is 20.9. The van der Waals surface area contributed by atoms with Gasteiger partial charge in [0.05, 0.1) is 37.0 Å². The predicted molar refractivity (Wildman–Crippen MR) is 135 cm³/mol. The molecule has 0 spiro atoms. The maximum atomic E-state index is 13.6. The van der Waals surface area contributed by atoms with Crippen LogP contribution in [0.4, 0.5) is 0 Å². The van der Waals surface area contributed by atoms with Crippen LogP contribution in [0.5, 0.6) is 5.88 Å². The third-order valence-corrected chi connectivity index (χ3v) is 6.43. The highest BCUT2D eigenvalue weighted by molar-refractivity contribution is 5.98. The summed E-state index contributed by atoms with van der Waals surface area (Å²) in [6, 6.07) is 10.4. The lowest BCUT2D eigenvalue weighted by Crippen LogP contribution is -2.50. The molecule has 2 amide bonds. The van der Waals surface area contributed by atoms with Gasteiger partial charge in [0, 0.05) is 43.7 Å². The van der Waals surface area contributed by atoms with E-state index in [2.05, 4.69) is 21.0 Å². The summed E-state index contributed by atoms with van der Waals surface area (Å²) < 4.78 is 6.27. The van der Waals surface area contributed by atoms with Crippen molar-refractivity contribution in [3.63, 3.8) is 0 Å². The fraction of sp³-hybridized carbons (Fsp3) is 0.333. The highest BCUT2D eigenvalue weighted by Crippen LogP contribution is 2.30. The van der Waals surface area contributed by atoms with Crippen LogP contribution in [0.3, 0.4) is 0 Å². The molecule has 3 atom stereocenters. The number of fused-ring (bicyclic) bond motifs is 1. The number of benzene rings is 1. The van der Waals surface area contributed by atoms with E-state index in [1.165, 1.54) is 23.5 Å². The van der Waals surface area contributed by atoms with Gasteiger partial charge in [0.25, 0.3) is 11.8 Å². The van der Waals surface area contributed by atoms with Gasteiger partial charge in [0.2, 0.25) is 5.88 Å². The molecule has 0 saturated carbocycles. The first-order chi connectivity index (χ1) is 17.8. The number of ether oxygens (including phenoxy) is 1. The molecule has 0 saturated heterocycles. The number of hydrogen-bond acceptors (Lipinski definition) is 8. The van der Waals surface area contributed by atoms with Gasteiger partial charge in [-0.1, -0.05) is 19.1 Å². The number of rotatable bonds is 6. The lowest BCUT2D eigenvalue weighted by Gasteiger charge is -2.37. The first-order valence-corrected chi connectivity index (χ1v) is 11.9. The third kappa shape index (κ3) is 5.57. The molecule has 0 fully saturated rings. The average Bonchev–Trinajstić information content (AvgIpc) is 2.94. The molecule has 3 aromatic rings. The molecule has 0 radical (unpaired) electrons. The van der Waals surface area contributed by atoms with Crippen LogP contribution in [0.1, 0.15) is 40.3 Å². The van der Waals surface area contributed by atoms with E-state index in [0.29, 0.717) is 17.7 Å². The normalized spacial score (nSPS) is 18.0. The quantitative estimate of drug-likeness (QED) is 0.546. The second-order valence-electron chi connectivity index (χ2n) is 9.17. The Balaban J connectivity index is 1.70. The lowest BCUT2D eigenvalue weighted by molar-refractivity contribution is 0.0312. The molecule has 1 aliphatic rings. The molecule has 1 aromatic carbocycles. The largest absolute Gasteiger partial charge is 0.472 e. The van der Waals surface area contributed by atoms with Crippen molar-refractivity contribution in [1.82, 2.24) is 24.8 Å². The monoisotopic (exact) mass is 500 g/mol. The van der Waals surface area contributed by atoms with Crippen LogP contribution in [0, 0.1) is 17.2 Å². The fourth-order valence-electron chi connectivity index (χ4n) is 4.20. The number of hydrogen-bond donors (Lipinski definition) is 1. The van der Waals surface area contributed by atoms with E-state index in [9.17, 15) is 20.0 Å².